The maximum absolute atomic E-state index is 10.9. The van der Waals surface area contributed by atoms with E-state index in [1.54, 1.807) is 10.9 Å². The van der Waals surface area contributed by atoms with Crippen LogP contribution >= 0.6 is 0 Å². The monoisotopic (exact) mass is 274 g/mol. The van der Waals surface area contributed by atoms with Gasteiger partial charge in [-0.15, -0.1) is 0 Å². The van der Waals surface area contributed by atoms with E-state index in [2.05, 4.69) is 5.10 Å². The highest BCUT2D eigenvalue weighted by atomic mass is 16.5. The van der Waals surface area contributed by atoms with E-state index in [1.807, 2.05) is 24.3 Å². The zero-order chi connectivity index (χ0) is 14.4. The molecule has 0 aliphatic carbocycles. The third-order valence-corrected chi connectivity index (χ3v) is 2.85. The summed E-state index contributed by atoms with van der Waals surface area (Å²) < 4.78 is 7.32. The average molecular weight is 274 g/mol. The smallest absolute Gasteiger partial charge is 0.251 e. The molecule has 0 fully saturated rings. The Morgan fingerprint density at radius 1 is 1.40 bits per heavy atom. The van der Waals surface area contributed by atoms with Gasteiger partial charge in [0, 0.05) is 25.7 Å². The predicted octanol–water partition coefficient (Wildman–Crippen LogP) is 0.910. The van der Waals surface area contributed by atoms with Crippen molar-refractivity contribution >= 4 is 5.91 Å². The van der Waals surface area contributed by atoms with Crippen LogP contribution < -0.4 is 16.2 Å². The number of aryl methyl sites for hydroxylation is 1. The van der Waals surface area contributed by atoms with Gasteiger partial charge in [-0.05, 0) is 17.7 Å². The number of primary amides is 1. The minimum absolute atomic E-state index is 0.418. The minimum atomic E-state index is -0.467. The molecule has 0 atom stereocenters. The fraction of sp³-hybridized carbons (Fsp3) is 0.286. The molecule has 0 aliphatic rings. The first-order valence-corrected chi connectivity index (χ1v) is 6.43. The van der Waals surface area contributed by atoms with Crippen molar-refractivity contribution in [1.82, 2.24) is 9.78 Å². The lowest BCUT2D eigenvalue weighted by atomic mass is 10.2. The van der Waals surface area contributed by atoms with E-state index in [9.17, 15) is 4.79 Å². The summed E-state index contributed by atoms with van der Waals surface area (Å²) in [6.07, 6.45) is 3.89. The number of nitrogens with zero attached hydrogens (tertiary/aromatic N) is 2. The molecule has 0 saturated carbocycles. The average Bonchev–Trinajstić information content (AvgIpc) is 2.93. The van der Waals surface area contributed by atoms with Gasteiger partial charge in [-0.3, -0.25) is 9.48 Å². The Morgan fingerprint density at radius 2 is 2.25 bits per heavy atom. The van der Waals surface area contributed by atoms with Crippen LogP contribution in [0.15, 0.2) is 36.7 Å². The van der Waals surface area contributed by atoms with Crippen LogP contribution in [-0.2, 0) is 13.1 Å². The first-order chi connectivity index (χ1) is 9.69. The van der Waals surface area contributed by atoms with Gasteiger partial charge in [0.2, 0.25) is 0 Å². The summed E-state index contributed by atoms with van der Waals surface area (Å²) >= 11 is 0. The molecule has 6 nitrogen and oxygen atoms in total. The number of carbonyl (C=O) groups excluding carboxylic acids is 1. The molecule has 0 unspecified atom stereocenters. The van der Waals surface area contributed by atoms with Gasteiger partial charge in [-0.25, -0.2) is 0 Å². The molecule has 6 heteroatoms. The van der Waals surface area contributed by atoms with Crippen LogP contribution in [0.4, 0.5) is 0 Å². The van der Waals surface area contributed by atoms with Crippen LogP contribution in [-0.4, -0.2) is 22.3 Å². The van der Waals surface area contributed by atoms with Gasteiger partial charge in [0.15, 0.2) is 0 Å². The fourth-order valence-electron chi connectivity index (χ4n) is 1.79. The Balaban J connectivity index is 1.76. The topological polar surface area (TPSA) is 96.2 Å². The molecule has 0 saturated heterocycles. The zero-order valence-corrected chi connectivity index (χ0v) is 11.2. The Bertz CT molecular complexity index is 580. The largest absolute Gasteiger partial charge is 0.494 e. The Labute approximate surface area is 117 Å². The van der Waals surface area contributed by atoms with Crippen LogP contribution in [0.3, 0.4) is 0 Å². The number of hydrogen-bond acceptors (Lipinski definition) is 4. The number of aromatic nitrogens is 2. The molecular formula is C14H18N4O2. The second-order valence-corrected chi connectivity index (χ2v) is 4.41. The predicted molar refractivity (Wildman–Crippen MR) is 75.2 cm³/mol. The molecule has 0 bridgehead atoms. The Hall–Kier alpha value is -2.34. The summed E-state index contributed by atoms with van der Waals surface area (Å²) in [6, 6.07) is 7.71. The van der Waals surface area contributed by atoms with E-state index < -0.39 is 5.91 Å². The summed E-state index contributed by atoms with van der Waals surface area (Å²) in [5, 5.41) is 4.05. The van der Waals surface area contributed by atoms with Gasteiger partial charge in [0.05, 0.1) is 18.4 Å². The van der Waals surface area contributed by atoms with E-state index in [-0.39, 0.29) is 0 Å². The van der Waals surface area contributed by atoms with Crippen molar-refractivity contribution in [3.63, 3.8) is 0 Å². The molecule has 1 aromatic heterocycles. The number of amides is 1. The van der Waals surface area contributed by atoms with E-state index in [0.29, 0.717) is 25.3 Å². The Kier molecular flexibility index (Phi) is 4.73. The van der Waals surface area contributed by atoms with Gasteiger partial charge in [-0.1, -0.05) is 12.1 Å². The zero-order valence-electron chi connectivity index (χ0n) is 11.2. The van der Waals surface area contributed by atoms with Crippen molar-refractivity contribution in [3.8, 4) is 5.75 Å². The van der Waals surface area contributed by atoms with E-state index in [1.165, 1.54) is 6.20 Å². The van der Waals surface area contributed by atoms with Gasteiger partial charge >= 0.3 is 0 Å². The normalized spacial score (nSPS) is 10.4. The van der Waals surface area contributed by atoms with Gasteiger partial charge in [-0.2, -0.15) is 5.10 Å². The fourth-order valence-corrected chi connectivity index (χ4v) is 1.79. The standard InChI is InChI=1S/C14H18N4O2/c15-8-11-3-1-4-13(7-11)20-6-2-5-18-10-12(9-17-18)14(16)19/h1,3-4,7,9-10H,2,5-6,8,15H2,(H2,16,19). The SMILES string of the molecule is NCc1cccc(OCCCn2cc(C(N)=O)cn2)c1. The summed E-state index contributed by atoms with van der Waals surface area (Å²) in [6.45, 7) is 1.74. The summed E-state index contributed by atoms with van der Waals surface area (Å²) in [5.74, 6) is 0.345. The van der Waals surface area contributed by atoms with Crippen LogP contribution in [0.1, 0.15) is 22.3 Å². The molecule has 1 heterocycles. The maximum atomic E-state index is 10.9. The molecular weight excluding hydrogens is 256 g/mol. The molecule has 4 N–H and O–H groups in total. The third kappa shape index (κ3) is 3.83. The molecule has 20 heavy (non-hydrogen) atoms. The number of ether oxygens (including phenoxy) is 1. The van der Waals surface area contributed by atoms with Crippen LogP contribution in [0, 0.1) is 0 Å². The first kappa shape index (κ1) is 14.1. The maximum Gasteiger partial charge on any atom is 0.251 e. The van der Waals surface area contributed by atoms with Crippen molar-refractivity contribution in [2.75, 3.05) is 6.61 Å². The van der Waals surface area contributed by atoms with E-state index in [4.69, 9.17) is 16.2 Å². The van der Waals surface area contributed by atoms with Crippen LogP contribution in [0.2, 0.25) is 0 Å². The lowest BCUT2D eigenvalue weighted by Gasteiger charge is -2.07. The van der Waals surface area contributed by atoms with Gasteiger partial charge < -0.3 is 16.2 Å². The molecule has 0 radical (unpaired) electrons. The quantitative estimate of drug-likeness (QED) is 0.733. The van der Waals surface area contributed by atoms with Gasteiger partial charge in [0.25, 0.3) is 5.91 Å². The molecule has 0 aliphatic heterocycles. The number of nitrogens with two attached hydrogens (primary N) is 2. The number of rotatable bonds is 7. The Morgan fingerprint density at radius 3 is 2.95 bits per heavy atom. The number of benzene rings is 1. The van der Waals surface area contributed by atoms with E-state index in [0.717, 1.165) is 17.7 Å². The molecule has 2 rings (SSSR count). The van der Waals surface area contributed by atoms with Crippen molar-refractivity contribution in [2.45, 2.75) is 19.5 Å². The highest BCUT2D eigenvalue weighted by Crippen LogP contribution is 2.13. The third-order valence-electron chi connectivity index (χ3n) is 2.85. The number of carbonyl (C=O) groups is 1. The molecule has 106 valence electrons. The number of hydrogen-bond donors (Lipinski definition) is 2. The van der Waals surface area contributed by atoms with E-state index >= 15 is 0 Å². The molecule has 1 amide bonds. The first-order valence-electron chi connectivity index (χ1n) is 6.43. The van der Waals surface area contributed by atoms with Crippen LogP contribution in [0.5, 0.6) is 5.75 Å². The van der Waals surface area contributed by atoms with Crippen molar-refractivity contribution < 1.29 is 9.53 Å². The molecule has 0 spiro atoms. The van der Waals surface area contributed by atoms with Gasteiger partial charge in [0.1, 0.15) is 5.75 Å². The van der Waals surface area contributed by atoms with Crippen molar-refractivity contribution in [3.05, 3.63) is 47.8 Å². The highest BCUT2D eigenvalue weighted by Gasteiger charge is 2.03. The summed E-state index contributed by atoms with van der Waals surface area (Å²) in [4.78, 5) is 10.9. The minimum Gasteiger partial charge on any atom is -0.494 e. The lowest BCUT2D eigenvalue weighted by Crippen LogP contribution is -2.10. The molecule has 1 aromatic carbocycles. The molecule has 2 aromatic rings. The second kappa shape index (κ2) is 6.72. The highest BCUT2D eigenvalue weighted by molar-refractivity contribution is 5.92. The summed E-state index contributed by atoms with van der Waals surface area (Å²) in [5.41, 5.74) is 12.2. The second-order valence-electron chi connectivity index (χ2n) is 4.41. The van der Waals surface area contributed by atoms with Crippen molar-refractivity contribution in [2.24, 2.45) is 11.5 Å². The van der Waals surface area contributed by atoms with Crippen LogP contribution in [0.25, 0.3) is 0 Å². The lowest BCUT2D eigenvalue weighted by molar-refractivity contribution is 0.1000. The van der Waals surface area contributed by atoms with Crippen molar-refractivity contribution in [1.29, 1.82) is 0 Å². The summed E-state index contributed by atoms with van der Waals surface area (Å²) in [7, 11) is 0.